The Hall–Kier alpha value is -2.98. The molecule has 1 heterocycles. The summed E-state index contributed by atoms with van der Waals surface area (Å²) in [6, 6.07) is -0.829. The second-order valence-electron chi connectivity index (χ2n) is 9.51. The highest BCUT2D eigenvalue weighted by Crippen LogP contribution is 2.44. The van der Waals surface area contributed by atoms with Gasteiger partial charge in [0.2, 0.25) is 5.91 Å². The van der Waals surface area contributed by atoms with Gasteiger partial charge in [-0.3, -0.25) is 15.0 Å². The van der Waals surface area contributed by atoms with Crippen LogP contribution in [-0.2, 0) is 14.3 Å². The molecular weight excluding hydrogens is 455 g/mol. The van der Waals surface area contributed by atoms with Crippen LogP contribution in [0.3, 0.4) is 0 Å². The van der Waals surface area contributed by atoms with Gasteiger partial charge in [0.25, 0.3) is 5.91 Å². The van der Waals surface area contributed by atoms with Crippen LogP contribution in [0.1, 0.15) is 46.0 Å². The fourth-order valence-corrected chi connectivity index (χ4v) is 4.04. The molecule has 1 fully saturated rings. The average Bonchev–Trinajstić information content (AvgIpc) is 3.58. The molecule has 10 heteroatoms. The van der Waals surface area contributed by atoms with Crippen molar-refractivity contribution in [3.8, 4) is 0 Å². The van der Waals surface area contributed by atoms with E-state index in [1.807, 2.05) is 19.9 Å². The zero-order chi connectivity index (χ0) is 25.5. The first kappa shape index (κ1) is 26.6. The van der Waals surface area contributed by atoms with Crippen molar-refractivity contribution in [2.75, 3.05) is 19.7 Å². The van der Waals surface area contributed by atoms with Crippen LogP contribution in [0.25, 0.3) is 0 Å². The Labute approximate surface area is 204 Å². The van der Waals surface area contributed by atoms with Crippen LogP contribution in [0, 0.1) is 17.2 Å². The standard InChI is InChI=1S/C25H35FN4O5/c1-15(2)10-20(25(34)29-22(27)8-9-28-12-17(32)14-31)30-13-18(11-23(30)33)35-21-5-3-4-19(24(21)26)16-6-7-16/h4,8-9,11,15-17,20,28,31-32H,3,5-7,10,12-14H2,1-2H3,(H2,27,29,34)/b9-8-/t17-,20+/m1/s1. The summed E-state index contributed by atoms with van der Waals surface area (Å²) in [5.74, 6) is -0.512. The van der Waals surface area contributed by atoms with E-state index in [0.717, 1.165) is 12.8 Å². The molecule has 0 aromatic heterocycles. The van der Waals surface area contributed by atoms with Gasteiger partial charge in [0.1, 0.15) is 23.4 Å². The van der Waals surface area contributed by atoms with Crippen LogP contribution in [0.5, 0.6) is 0 Å². The fourth-order valence-electron chi connectivity index (χ4n) is 4.04. The van der Waals surface area contributed by atoms with Crippen molar-refractivity contribution in [2.45, 2.75) is 58.1 Å². The normalized spacial score (nSPS) is 20.2. The van der Waals surface area contributed by atoms with Crippen LogP contribution < -0.4 is 10.6 Å². The number of ether oxygens (including phenoxy) is 1. The number of nitrogens with zero attached hydrogens (tertiary/aromatic N) is 1. The molecule has 0 saturated heterocycles. The van der Waals surface area contributed by atoms with Gasteiger partial charge in [-0.1, -0.05) is 19.9 Å². The predicted octanol–water partition coefficient (Wildman–Crippen LogP) is 2.01. The molecule has 0 aromatic rings. The lowest BCUT2D eigenvalue weighted by Crippen LogP contribution is -2.49. The molecule has 0 spiro atoms. The summed E-state index contributed by atoms with van der Waals surface area (Å²) in [5, 5.41) is 31.3. The largest absolute Gasteiger partial charge is 0.461 e. The molecular formula is C25H35FN4O5. The van der Waals surface area contributed by atoms with Gasteiger partial charge in [0.05, 0.1) is 19.3 Å². The van der Waals surface area contributed by atoms with Crippen molar-refractivity contribution < 1.29 is 28.9 Å². The van der Waals surface area contributed by atoms with Gasteiger partial charge in [0.15, 0.2) is 5.83 Å². The molecule has 1 aliphatic heterocycles. The first-order valence-corrected chi connectivity index (χ1v) is 12.1. The SMILES string of the molecule is CC(C)C[C@@H](C(=O)NC(=N)/C=C\NC[C@@H](O)CO)N1CC(OC2=C(F)C(C3CC3)=CCC2)=CC1=O. The maximum Gasteiger partial charge on any atom is 0.251 e. The lowest BCUT2D eigenvalue weighted by atomic mass is 10.0. The molecule has 3 rings (SSSR count). The lowest BCUT2D eigenvalue weighted by molar-refractivity contribution is -0.135. The summed E-state index contributed by atoms with van der Waals surface area (Å²) in [7, 11) is 0. The van der Waals surface area contributed by atoms with Gasteiger partial charge in [-0.05, 0) is 49.2 Å². The number of amidine groups is 1. The lowest BCUT2D eigenvalue weighted by Gasteiger charge is -2.28. The van der Waals surface area contributed by atoms with Crippen LogP contribution in [0.15, 0.2) is 47.3 Å². The molecule has 192 valence electrons. The maximum absolute atomic E-state index is 14.9. The molecule has 0 aromatic carbocycles. The molecule has 0 bridgehead atoms. The van der Waals surface area contributed by atoms with Gasteiger partial charge < -0.3 is 30.5 Å². The monoisotopic (exact) mass is 490 g/mol. The van der Waals surface area contributed by atoms with Crippen molar-refractivity contribution in [2.24, 2.45) is 11.8 Å². The highest BCUT2D eigenvalue weighted by molar-refractivity contribution is 6.05. The summed E-state index contributed by atoms with van der Waals surface area (Å²) in [6.45, 7) is 3.61. The van der Waals surface area contributed by atoms with Crippen molar-refractivity contribution in [3.05, 3.63) is 47.3 Å². The molecule has 9 nitrogen and oxygen atoms in total. The zero-order valence-electron chi connectivity index (χ0n) is 20.2. The predicted molar refractivity (Wildman–Crippen MR) is 128 cm³/mol. The van der Waals surface area contributed by atoms with E-state index in [0.29, 0.717) is 30.6 Å². The van der Waals surface area contributed by atoms with E-state index in [9.17, 15) is 19.1 Å². The number of rotatable bonds is 12. The molecule has 35 heavy (non-hydrogen) atoms. The van der Waals surface area contributed by atoms with E-state index in [1.165, 1.54) is 23.3 Å². The Bertz CT molecular complexity index is 952. The van der Waals surface area contributed by atoms with Gasteiger partial charge in [-0.15, -0.1) is 0 Å². The number of nitrogens with one attached hydrogen (secondary N) is 3. The summed E-state index contributed by atoms with van der Waals surface area (Å²) >= 11 is 0. The molecule has 0 radical (unpaired) electrons. The summed E-state index contributed by atoms with van der Waals surface area (Å²) in [5.41, 5.74) is 0.706. The molecule has 5 N–H and O–H groups in total. The number of aliphatic hydroxyl groups is 2. The number of hydrogen-bond donors (Lipinski definition) is 5. The van der Waals surface area contributed by atoms with E-state index in [2.05, 4.69) is 10.6 Å². The second-order valence-corrected chi connectivity index (χ2v) is 9.51. The minimum atomic E-state index is -0.932. The van der Waals surface area contributed by atoms with E-state index in [-0.39, 0.29) is 42.3 Å². The number of amides is 2. The third-order valence-corrected chi connectivity index (χ3v) is 5.96. The number of hydrogen-bond acceptors (Lipinski definition) is 7. The van der Waals surface area contributed by atoms with Crippen molar-refractivity contribution in [3.63, 3.8) is 0 Å². The van der Waals surface area contributed by atoms with E-state index >= 15 is 0 Å². The average molecular weight is 491 g/mol. The smallest absolute Gasteiger partial charge is 0.251 e. The number of carbonyl (C=O) groups excluding carboxylic acids is 2. The van der Waals surface area contributed by atoms with Crippen molar-refractivity contribution in [1.29, 1.82) is 5.41 Å². The third-order valence-electron chi connectivity index (χ3n) is 5.96. The molecule has 2 amide bonds. The number of aliphatic hydroxyl groups excluding tert-OH is 2. The third kappa shape index (κ3) is 7.50. The number of allylic oxidation sites excluding steroid dienone is 4. The van der Waals surface area contributed by atoms with E-state index < -0.39 is 30.6 Å². The Morgan fingerprint density at radius 2 is 2.14 bits per heavy atom. The van der Waals surface area contributed by atoms with Crippen LogP contribution in [0.2, 0.25) is 0 Å². The summed E-state index contributed by atoms with van der Waals surface area (Å²) in [6.07, 6.45) is 8.45. The van der Waals surface area contributed by atoms with E-state index in [4.69, 9.17) is 15.3 Å². The van der Waals surface area contributed by atoms with Crippen LogP contribution in [0.4, 0.5) is 4.39 Å². The first-order chi connectivity index (χ1) is 16.7. The molecule has 2 atom stereocenters. The fraction of sp³-hybridized carbons (Fsp3) is 0.560. The highest BCUT2D eigenvalue weighted by Gasteiger charge is 2.36. The minimum absolute atomic E-state index is 0.0483. The van der Waals surface area contributed by atoms with Gasteiger partial charge in [-0.25, -0.2) is 4.39 Å². The van der Waals surface area contributed by atoms with Crippen LogP contribution >= 0.6 is 0 Å². The minimum Gasteiger partial charge on any atom is -0.461 e. The maximum atomic E-state index is 14.9. The summed E-state index contributed by atoms with van der Waals surface area (Å²) in [4.78, 5) is 27.1. The molecule has 3 aliphatic rings. The Morgan fingerprint density at radius 1 is 1.40 bits per heavy atom. The number of halogens is 1. The number of carbonyl (C=O) groups is 2. The second kappa shape index (κ2) is 12.1. The summed E-state index contributed by atoms with van der Waals surface area (Å²) < 4.78 is 20.7. The van der Waals surface area contributed by atoms with Gasteiger partial charge in [0, 0.05) is 25.2 Å². The van der Waals surface area contributed by atoms with Gasteiger partial charge >= 0.3 is 0 Å². The van der Waals surface area contributed by atoms with Crippen molar-refractivity contribution in [1.82, 2.24) is 15.5 Å². The molecule has 1 saturated carbocycles. The Balaban J connectivity index is 1.61. The highest BCUT2D eigenvalue weighted by atomic mass is 19.1. The van der Waals surface area contributed by atoms with Crippen molar-refractivity contribution >= 4 is 17.6 Å². The van der Waals surface area contributed by atoms with Crippen LogP contribution in [-0.4, -0.2) is 64.6 Å². The quantitative estimate of drug-likeness (QED) is 0.210. The Kier molecular flexibility index (Phi) is 9.22. The zero-order valence-corrected chi connectivity index (χ0v) is 20.2. The molecule has 0 unspecified atom stereocenters. The van der Waals surface area contributed by atoms with E-state index in [1.54, 1.807) is 0 Å². The topological polar surface area (TPSA) is 135 Å². The van der Waals surface area contributed by atoms with Gasteiger partial charge in [-0.2, -0.15) is 0 Å². The Morgan fingerprint density at radius 3 is 2.80 bits per heavy atom. The first-order valence-electron chi connectivity index (χ1n) is 12.1. The molecule has 2 aliphatic carbocycles.